The highest BCUT2D eigenvalue weighted by atomic mass is 32.2. The lowest BCUT2D eigenvalue weighted by atomic mass is 9.83. The van der Waals surface area contributed by atoms with Crippen LogP contribution in [-0.4, -0.2) is 32.2 Å². The first-order valence-corrected chi connectivity index (χ1v) is 8.51. The van der Waals surface area contributed by atoms with Crippen molar-refractivity contribution in [1.29, 1.82) is 0 Å². The topological polar surface area (TPSA) is 91.6 Å². The van der Waals surface area contributed by atoms with Crippen LogP contribution in [-0.2, 0) is 16.6 Å². The minimum absolute atomic E-state index is 0.0371. The average Bonchev–Trinajstić information content (AvgIpc) is 3.07. The van der Waals surface area contributed by atoms with Crippen molar-refractivity contribution in [2.75, 3.05) is 6.54 Å². The van der Waals surface area contributed by atoms with Gasteiger partial charge in [0.05, 0.1) is 12.6 Å². The van der Waals surface area contributed by atoms with Crippen molar-refractivity contribution in [1.82, 2.24) is 10.0 Å². The quantitative estimate of drug-likeness (QED) is 0.685. The number of rotatable bonds is 7. The van der Waals surface area contributed by atoms with Gasteiger partial charge >= 0.3 is 0 Å². The predicted molar refractivity (Wildman–Crippen MR) is 72.5 cm³/mol. The fourth-order valence-electron chi connectivity index (χ4n) is 2.30. The fourth-order valence-corrected chi connectivity index (χ4v) is 3.36. The van der Waals surface area contributed by atoms with Gasteiger partial charge in [-0.2, -0.15) is 0 Å². The maximum absolute atomic E-state index is 12.0. The first-order valence-electron chi connectivity index (χ1n) is 7.03. The largest absolute Gasteiger partial charge is 0.447 e. The SMILES string of the molecule is O=S(=O)(NCC1CC(O)C1)c1ccc(CNC2CC2)o1. The Morgan fingerprint density at radius 1 is 1.30 bits per heavy atom. The molecule has 0 unspecified atom stereocenters. The zero-order chi connectivity index (χ0) is 14.2. The third-order valence-corrected chi connectivity index (χ3v) is 5.11. The zero-order valence-electron chi connectivity index (χ0n) is 11.2. The van der Waals surface area contributed by atoms with E-state index in [0.717, 1.165) is 0 Å². The Bertz CT molecular complexity index is 559. The van der Waals surface area contributed by atoms with E-state index in [1.807, 2.05) is 0 Å². The molecule has 0 radical (unpaired) electrons. The maximum Gasteiger partial charge on any atom is 0.273 e. The highest BCUT2D eigenvalue weighted by Crippen LogP contribution is 2.27. The van der Waals surface area contributed by atoms with Crippen LogP contribution in [0.3, 0.4) is 0 Å². The van der Waals surface area contributed by atoms with Gasteiger partial charge in [-0.1, -0.05) is 0 Å². The summed E-state index contributed by atoms with van der Waals surface area (Å²) < 4.78 is 32.0. The van der Waals surface area contributed by atoms with Gasteiger partial charge in [0, 0.05) is 12.6 Å². The van der Waals surface area contributed by atoms with Gasteiger partial charge in [-0.15, -0.1) is 0 Å². The predicted octanol–water partition coefficient (Wildman–Crippen LogP) is 0.581. The van der Waals surface area contributed by atoms with Gasteiger partial charge in [0.15, 0.2) is 0 Å². The van der Waals surface area contributed by atoms with Crippen LogP contribution in [0.2, 0.25) is 0 Å². The smallest absolute Gasteiger partial charge is 0.273 e. The second kappa shape index (κ2) is 5.48. The van der Waals surface area contributed by atoms with Gasteiger partial charge in [0.25, 0.3) is 10.0 Å². The lowest BCUT2D eigenvalue weighted by Crippen LogP contribution is -2.38. The van der Waals surface area contributed by atoms with Gasteiger partial charge in [0.1, 0.15) is 5.76 Å². The molecule has 2 aliphatic rings. The number of hydrogen-bond donors (Lipinski definition) is 3. The minimum atomic E-state index is -3.58. The third kappa shape index (κ3) is 3.41. The summed E-state index contributed by atoms with van der Waals surface area (Å²) in [7, 11) is -3.58. The molecule has 2 fully saturated rings. The van der Waals surface area contributed by atoms with Crippen LogP contribution in [0, 0.1) is 5.92 Å². The lowest BCUT2D eigenvalue weighted by molar-refractivity contribution is 0.0453. The highest BCUT2D eigenvalue weighted by Gasteiger charge is 2.29. The molecular formula is C13H20N2O4S. The molecule has 1 aromatic heterocycles. The Labute approximate surface area is 118 Å². The molecule has 112 valence electrons. The number of aliphatic hydroxyl groups excluding tert-OH is 1. The third-order valence-electron chi connectivity index (χ3n) is 3.82. The van der Waals surface area contributed by atoms with Crippen LogP contribution in [0.1, 0.15) is 31.4 Å². The fraction of sp³-hybridized carbons (Fsp3) is 0.692. The van der Waals surface area contributed by atoms with Gasteiger partial charge in [-0.25, -0.2) is 13.1 Å². The summed E-state index contributed by atoms with van der Waals surface area (Å²) in [6, 6.07) is 3.74. The van der Waals surface area contributed by atoms with E-state index in [4.69, 9.17) is 4.42 Å². The van der Waals surface area contributed by atoms with E-state index in [9.17, 15) is 13.5 Å². The molecule has 0 aromatic carbocycles. The van der Waals surface area contributed by atoms with E-state index in [0.29, 0.717) is 37.7 Å². The summed E-state index contributed by atoms with van der Waals surface area (Å²) in [4.78, 5) is 0. The first kappa shape index (κ1) is 14.1. The number of hydrogen-bond acceptors (Lipinski definition) is 5. The molecule has 7 heteroatoms. The number of furan rings is 1. The Morgan fingerprint density at radius 2 is 2.05 bits per heavy atom. The van der Waals surface area contributed by atoms with E-state index < -0.39 is 10.0 Å². The molecule has 1 aromatic rings. The van der Waals surface area contributed by atoms with Crippen LogP contribution in [0.4, 0.5) is 0 Å². The number of aliphatic hydroxyl groups is 1. The zero-order valence-corrected chi connectivity index (χ0v) is 12.0. The normalized spacial score (nSPS) is 26.4. The van der Waals surface area contributed by atoms with Gasteiger partial charge in [0.2, 0.25) is 5.09 Å². The van der Waals surface area contributed by atoms with Crippen LogP contribution in [0.25, 0.3) is 0 Å². The van der Waals surface area contributed by atoms with Crippen LogP contribution < -0.4 is 10.0 Å². The van der Waals surface area contributed by atoms with Gasteiger partial charge in [-0.05, 0) is 43.7 Å². The first-order chi connectivity index (χ1) is 9.53. The summed E-state index contributed by atoms with van der Waals surface area (Å²) >= 11 is 0. The minimum Gasteiger partial charge on any atom is -0.447 e. The summed E-state index contributed by atoms with van der Waals surface area (Å²) in [5.74, 6) is 0.863. The maximum atomic E-state index is 12.0. The van der Waals surface area contributed by atoms with Crippen molar-refractivity contribution in [2.45, 2.75) is 49.5 Å². The molecular weight excluding hydrogens is 280 g/mol. The molecule has 0 atom stereocenters. The van der Waals surface area contributed by atoms with E-state index in [1.54, 1.807) is 6.07 Å². The van der Waals surface area contributed by atoms with Crippen molar-refractivity contribution in [2.24, 2.45) is 5.92 Å². The molecule has 1 heterocycles. The van der Waals surface area contributed by atoms with Crippen LogP contribution in [0.5, 0.6) is 0 Å². The van der Waals surface area contributed by atoms with Crippen molar-refractivity contribution < 1.29 is 17.9 Å². The summed E-state index contributed by atoms with van der Waals surface area (Å²) in [5, 5.41) is 12.4. The second-order valence-corrected chi connectivity index (χ2v) is 7.42. The average molecular weight is 300 g/mol. The van der Waals surface area contributed by atoms with E-state index in [-0.39, 0.29) is 17.1 Å². The van der Waals surface area contributed by atoms with Gasteiger partial charge in [-0.3, -0.25) is 0 Å². The monoisotopic (exact) mass is 300 g/mol. The summed E-state index contributed by atoms with van der Waals surface area (Å²) in [6.45, 7) is 0.921. The molecule has 0 saturated heterocycles. The molecule has 0 spiro atoms. The van der Waals surface area contributed by atoms with Crippen molar-refractivity contribution in [3.8, 4) is 0 Å². The molecule has 2 saturated carbocycles. The summed E-state index contributed by atoms with van der Waals surface area (Å²) in [6.07, 6.45) is 3.42. The molecule has 20 heavy (non-hydrogen) atoms. The Morgan fingerprint density at radius 3 is 2.70 bits per heavy atom. The molecule has 6 nitrogen and oxygen atoms in total. The summed E-state index contributed by atoms with van der Waals surface area (Å²) in [5.41, 5.74) is 0. The lowest BCUT2D eigenvalue weighted by Gasteiger charge is -2.31. The van der Waals surface area contributed by atoms with Crippen LogP contribution >= 0.6 is 0 Å². The van der Waals surface area contributed by atoms with E-state index >= 15 is 0 Å². The molecule has 0 amide bonds. The highest BCUT2D eigenvalue weighted by molar-refractivity contribution is 7.89. The molecule has 2 aliphatic carbocycles. The van der Waals surface area contributed by atoms with Gasteiger partial charge < -0.3 is 14.8 Å². The molecule has 3 N–H and O–H groups in total. The van der Waals surface area contributed by atoms with E-state index in [1.165, 1.54) is 18.9 Å². The van der Waals surface area contributed by atoms with E-state index in [2.05, 4.69) is 10.0 Å². The van der Waals surface area contributed by atoms with Crippen molar-refractivity contribution in [3.05, 3.63) is 17.9 Å². The Balaban J connectivity index is 1.53. The van der Waals surface area contributed by atoms with Crippen molar-refractivity contribution >= 4 is 10.0 Å². The number of nitrogens with one attached hydrogen (secondary N) is 2. The molecule has 0 aliphatic heterocycles. The Hall–Kier alpha value is -0.890. The number of sulfonamides is 1. The molecule has 3 rings (SSSR count). The van der Waals surface area contributed by atoms with Crippen molar-refractivity contribution in [3.63, 3.8) is 0 Å². The standard InChI is InChI=1S/C13H20N2O4S/c16-11-5-9(6-11)7-15-20(17,18)13-4-3-12(19-13)8-14-10-1-2-10/h3-4,9-11,14-16H,1-2,5-8H2. The second-order valence-electron chi connectivity index (χ2n) is 5.72. The Kier molecular flexibility index (Phi) is 3.85. The van der Waals surface area contributed by atoms with Crippen LogP contribution in [0.15, 0.2) is 21.6 Å². The molecule has 0 bridgehead atoms.